The number of aromatic nitrogens is 2. The predicted molar refractivity (Wildman–Crippen MR) is 66.7 cm³/mol. The van der Waals surface area contributed by atoms with Gasteiger partial charge < -0.3 is 9.80 Å². The highest BCUT2D eigenvalue weighted by atomic mass is 35.5. The third-order valence-corrected chi connectivity index (χ3v) is 2.37. The van der Waals surface area contributed by atoms with Crippen molar-refractivity contribution in [2.45, 2.75) is 0 Å². The second-order valence-corrected chi connectivity index (χ2v) is 4.14. The molecule has 0 saturated carbocycles. The highest BCUT2D eigenvalue weighted by molar-refractivity contribution is 6.32. The number of nitrogens with zero attached hydrogens (tertiary/aromatic N) is 4. The van der Waals surface area contributed by atoms with E-state index in [4.69, 9.17) is 17.4 Å². The van der Waals surface area contributed by atoms with E-state index in [1.54, 1.807) is 0 Å². The first-order valence-electron chi connectivity index (χ1n) is 4.89. The quantitative estimate of drug-likeness (QED) is 0.578. The number of nitrogen functional groups attached to an aromatic ring is 1. The Morgan fingerprint density at radius 1 is 1.38 bits per heavy atom. The Bertz CT molecular complexity index is 343. The molecule has 1 aromatic heterocycles. The van der Waals surface area contributed by atoms with Crippen molar-refractivity contribution in [3.8, 4) is 0 Å². The zero-order valence-corrected chi connectivity index (χ0v) is 10.5. The molecule has 0 amide bonds. The van der Waals surface area contributed by atoms with Gasteiger partial charge in [-0.05, 0) is 14.1 Å². The lowest BCUT2D eigenvalue weighted by molar-refractivity contribution is 0.416. The Morgan fingerprint density at radius 2 is 2.06 bits per heavy atom. The van der Waals surface area contributed by atoms with Gasteiger partial charge in [0.1, 0.15) is 5.02 Å². The molecule has 3 N–H and O–H groups in total. The van der Waals surface area contributed by atoms with Crippen LogP contribution in [0.1, 0.15) is 0 Å². The van der Waals surface area contributed by atoms with E-state index in [1.165, 1.54) is 6.20 Å². The van der Waals surface area contributed by atoms with Crippen molar-refractivity contribution < 1.29 is 0 Å². The Morgan fingerprint density at radius 3 is 2.62 bits per heavy atom. The van der Waals surface area contributed by atoms with E-state index < -0.39 is 0 Å². The van der Waals surface area contributed by atoms with Gasteiger partial charge in [0.15, 0.2) is 5.82 Å². The van der Waals surface area contributed by atoms with E-state index >= 15 is 0 Å². The molecular formula is C9H17ClN6. The van der Waals surface area contributed by atoms with E-state index in [-0.39, 0.29) is 0 Å². The molecule has 90 valence electrons. The van der Waals surface area contributed by atoms with Crippen molar-refractivity contribution in [3.05, 3.63) is 11.2 Å². The zero-order chi connectivity index (χ0) is 12.1. The maximum atomic E-state index is 6.01. The molecule has 1 rings (SSSR count). The lowest BCUT2D eigenvalue weighted by Crippen LogP contribution is -2.29. The van der Waals surface area contributed by atoms with Crippen LogP contribution >= 0.6 is 11.6 Å². The number of nitrogens with two attached hydrogens (primary N) is 1. The molecule has 0 saturated heterocycles. The molecule has 7 heteroatoms. The van der Waals surface area contributed by atoms with Gasteiger partial charge in [-0.3, -0.25) is 5.43 Å². The Kier molecular flexibility index (Phi) is 4.72. The summed E-state index contributed by atoms with van der Waals surface area (Å²) >= 11 is 6.01. The van der Waals surface area contributed by atoms with Crippen molar-refractivity contribution in [1.82, 2.24) is 14.9 Å². The van der Waals surface area contributed by atoms with Crippen LogP contribution in [0, 0.1) is 0 Å². The molecule has 0 fully saturated rings. The van der Waals surface area contributed by atoms with Crippen LogP contribution in [0.15, 0.2) is 6.20 Å². The van der Waals surface area contributed by atoms with Gasteiger partial charge in [-0.2, -0.15) is 4.98 Å². The molecular weight excluding hydrogens is 228 g/mol. The molecule has 0 aliphatic carbocycles. The summed E-state index contributed by atoms with van der Waals surface area (Å²) in [6.07, 6.45) is 1.53. The lowest BCUT2D eigenvalue weighted by atomic mass is 10.4. The average Bonchev–Trinajstić information content (AvgIpc) is 2.26. The monoisotopic (exact) mass is 244 g/mol. The molecule has 0 spiro atoms. The largest absolute Gasteiger partial charge is 0.357 e. The number of hydrogen-bond acceptors (Lipinski definition) is 6. The number of anilines is 2. The van der Waals surface area contributed by atoms with E-state index in [1.807, 2.05) is 26.0 Å². The number of hydrogen-bond donors (Lipinski definition) is 2. The van der Waals surface area contributed by atoms with Gasteiger partial charge in [-0.25, -0.2) is 10.8 Å². The number of likely N-dealkylation sites (N-methyl/N-ethyl adjacent to an activating group) is 2. The molecule has 1 heterocycles. The molecule has 0 aliphatic heterocycles. The van der Waals surface area contributed by atoms with Crippen LogP contribution in [0.3, 0.4) is 0 Å². The van der Waals surface area contributed by atoms with Gasteiger partial charge in [0.2, 0.25) is 5.95 Å². The van der Waals surface area contributed by atoms with Gasteiger partial charge in [-0.15, -0.1) is 0 Å². The zero-order valence-electron chi connectivity index (χ0n) is 9.74. The third kappa shape index (κ3) is 3.48. The van der Waals surface area contributed by atoms with Gasteiger partial charge in [0.05, 0.1) is 6.20 Å². The molecule has 0 atom stereocenters. The summed E-state index contributed by atoms with van der Waals surface area (Å²) < 4.78 is 0. The van der Waals surface area contributed by atoms with E-state index in [0.717, 1.165) is 13.1 Å². The number of hydrazine groups is 1. The first-order chi connectivity index (χ1) is 7.54. The van der Waals surface area contributed by atoms with Gasteiger partial charge in [0, 0.05) is 20.1 Å². The first kappa shape index (κ1) is 13.0. The van der Waals surface area contributed by atoms with Crippen LogP contribution in [0.4, 0.5) is 11.8 Å². The highest BCUT2D eigenvalue weighted by Gasteiger charge is 2.09. The minimum absolute atomic E-state index is 0.358. The van der Waals surface area contributed by atoms with Crippen LogP contribution in [0.25, 0.3) is 0 Å². The summed E-state index contributed by atoms with van der Waals surface area (Å²) in [6.45, 7) is 1.75. The Hall–Kier alpha value is -1.11. The maximum Gasteiger partial charge on any atom is 0.239 e. The SMILES string of the molecule is CN(C)CCN(C)c1nc(NN)ncc1Cl. The summed E-state index contributed by atoms with van der Waals surface area (Å²) in [5.74, 6) is 6.28. The van der Waals surface area contributed by atoms with Crippen molar-refractivity contribution in [2.75, 3.05) is 44.6 Å². The summed E-state index contributed by atoms with van der Waals surface area (Å²) in [7, 11) is 5.96. The standard InChI is InChI=1S/C9H17ClN6/c1-15(2)4-5-16(3)8-7(10)6-12-9(13-8)14-11/h6H,4-5,11H2,1-3H3,(H,12,13,14). The highest BCUT2D eigenvalue weighted by Crippen LogP contribution is 2.22. The third-order valence-electron chi connectivity index (χ3n) is 2.10. The van der Waals surface area contributed by atoms with Gasteiger partial charge in [0.25, 0.3) is 0 Å². The van der Waals surface area contributed by atoms with E-state index in [0.29, 0.717) is 16.8 Å². The molecule has 6 nitrogen and oxygen atoms in total. The molecule has 0 unspecified atom stereocenters. The Balaban J connectivity index is 2.76. The summed E-state index contributed by atoms with van der Waals surface area (Å²) in [5.41, 5.74) is 2.40. The van der Waals surface area contributed by atoms with Crippen molar-refractivity contribution in [3.63, 3.8) is 0 Å². The fourth-order valence-electron chi connectivity index (χ4n) is 1.15. The average molecular weight is 245 g/mol. The van der Waals surface area contributed by atoms with Crippen LogP contribution < -0.4 is 16.2 Å². The molecule has 0 radical (unpaired) electrons. The normalized spacial score (nSPS) is 10.6. The van der Waals surface area contributed by atoms with Crippen LogP contribution in [-0.4, -0.2) is 49.1 Å². The van der Waals surface area contributed by atoms with E-state index in [2.05, 4.69) is 20.3 Å². The minimum atomic E-state index is 0.358. The van der Waals surface area contributed by atoms with Crippen molar-refractivity contribution >= 4 is 23.4 Å². The first-order valence-corrected chi connectivity index (χ1v) is 5.27. The summed E-state index contributed by atoms with van der Waals surface area (Å²) in [5, 5.41) is 0.514. The number of rotatable bonds is 5. The smallest absolute Gasteiger partial charge is 0.239 e. The molecule has 0 bridgehead atoms. The number of halogens is 1. The van der Waals surface area contributed by atoms with Crippen molar-refractivity contribution in [1.29, 1.82) is 0 Å². The van der Waals surface area contributed by atoms with Crippen LogP contribution in [0.2, 0.25) is 5.02 Å². The van der Waals surface area contributed by atoms with E-state index in [9.17, 15) is 0 Å². The second-order valence-electron chi connectivity index (χ2n) is 3.73. The predicted octanol–water partition coefficient (Wildman–Crippen LogP) is 0.413. The molecule has 0 aromatic carbocycles. The summed E-state index contributed by atoms with van der Waals surface area (Å²) in [4.78, 5) is 12.2. The topological polar surface area (TPSA) is 70.3 Å². The Labute approximate surface area is 100 Å². The van der Waals surface area contributed by atoms with Crippen LogP contribution in [-0.2, 0) is 0 Å². The summed E-state index contributed by atoms with van der Waals surface area (Å²) in [6, 6.07) is 0. The van der Waals surface area contributed by atoms with Gasteiger partial charge >= 0.3 is 0 Å². The molecule has 0 aliphatic rings. The molecule has 16 heavy (non-hydrogen) atoms. The second kappa shape index (κ2) is 5.83. The van der Waals surface area contributed by atoms with Crippen LogP contribution in [0.5, 0.6) is 0 Å². The van der Waals surface area contributed by atoms with Crippen molar-refractivity contribution in [2.24, 2.45) is 5.84 Å². The lowest BCUT2D eigenvalue weighted by Gasteiger charge is -2.21. The fourth-order valence-corrected chi connectivity index (χ4v) is 1.39. The molecule has 1 aromatic rings. The fraction of sp³-hybridized carbons (Fsp3) is 0.556. The van der Waals surface area contributed by atoms with Gasteiger partial charge in [-0.1, -0.05) is 11.6 Å². The minimum Gasteiger partial charge on any atom is -0.357 e. The number of nitrogens with one attached hydrogen (secondary N) is 1. The maximum absolute atomic E-state index is 6.01.